The molecular weight excluding hydrogens is 264 g/mol. The van der Waals surface area contributed by atoms with E-state index in [9.17, 15) is 9.59 Å². The zero-order chi connectivity index (χ0) is 15.4. The van der Waals surface area contributed by atoms with Gasteiger partial charge in [0.15, 0.2) is 0 Å². The molecule has 1 saturated heterocycles. The van der Waals surface area contributed by atoms with E-state index in [1.165, 1.54) is 0 Å². The van der Waals surface area contributed by atoms with Crippen LogP contribution in [0.4, 0.5) is 0 Å². The molecule has 1 aliphatic heterocycles. The van der Waals surface area contributed by atoms with Crippen LogP contribution in [0.25, 0.3) is 0 Å². The van der Waals surface area contributed by atoms with Crippen molar-refractivity contribution in [2.45, 2.75) is 39.7 Å². The van der Waals surface area contributed by atoms with Gasteiger partial charge < -0.3 is 10.2 Å². The molecule has 0 radical (unpaired) electrons. The normalized spacial score (nSPS) is 16.1. The maximum atomic E-state index is 12.5. The molecule has 1 fully saturated rings. The Morgan fingerprint density at radius 1 is 1.10 bits per heavy atom. The summed E-state index contributed by atoms with van der Waals surface area (Å²) in [6.07, 6.45) is 2.12. The molecule has 1 aromatic carbocycles. The van der Waals surface area contributed by atoms with Crippen LogP contribution in [0.2, 0.25) is 0 Å². The average Bonchev–Trinajstić information content (AvgIpc) is 2.98. The Labute approximate surface area is 126 Å². The lowest BCUT2D eigenvalue weighted by Gasteiger charge is -2.26. The SMILES string of the molecule is Cc1ccc(C(=O)N[C@H](C(=O)N2CCCC2)C(C)C)cc1. The summed E-state index contributed by atoms with van der Waals surface area (Å²) in [4.78, 5) is 26.7. The zero-order valence-electron chi connectivity index (χ0n) is 13.1. The van der Waals surface area contributed by atoms with E-state index >= 15 is 0 Å². The minimum Gasteiger partial charge on any atom is -0.341 e. The van der Waals surface area contributed by atoms with Gasteiger partial charge >= 0.3 is 0 Å². The van der Waals surface area contributed by atoms with E-state index in [4.69, 9.17) is 0 Å². The van der Waals surface area contributed by atoms with Gasteiger partial charge in [0.05, 0.1) is 0 Å². The Morgan fingerprint density at radius 2 is 1.67 bits per heavy atom. The van der Waals surface area contributed by atoms with Crippen LogP contribution in [-0.2, 0) is 4.79 Å². The molecule has 0 aromatic heterocycles. The van der Waals surface area contributed by atoms with Gasteiger partial charge in [0.2, 0.25) is 5.91 Å². The molecule has 1 aliphatic rings. The highest BCUT2D eigenvalue weighted by Gasteiger charge is 2.30. The maximum Gasteiger partial charge on any atom is 0.251 e. The molecule has 0 spiro atoms. The first-order valence-electron chi connectivity index (χ1n) is 7.65. The summed E-state index contributed by atoms with van der Waals surface area (Å²) in [6.45, 7) is 7.53. The third-order valence-corrected chi connectivity index (χ3v) is 3.95. The quantitative estimate of drug-likeness (QED) is 0.924. The third-order valence-electron chi connectivity index (χ3n) is 3.95. The molecule has 1 N–H and O–H groups in total. The van der Waals surface area contributed by atoms with Crippen LogP contribution in [0.15, 0.2) is 24.3 Å². The molecule has 1 aromatic rings. The van der Waals surface area contributed by atoms with Gasteiger partial charge in [-0.25, -0.2) is 0 Å². The fourth-order valence-corrected chi connectivity index (χ4v) is 2.58. The van der Waals surface area contributed by atoms with Crippen LogP contribution >= 0.6 is 0 Å². The highest BCUT2D eigenvalue weighted by molar-refractivity contribution is 5.97. The van der Waals surface area contributed by atoms with E-state index in [-0.39, 0.29) is 17.7 Å². The Hall–Kier alpha value is -1.84. The average molecular weight is 288 g/mol. The fourth-order valence-electron chi connectivity index (χ4n) is 2.58. The van der Waals surface area contributed by atoms with Crippen molar-refractivity contribution in [3.63, 3.8) is 0 Å². The molecular formula is C17H24N2O2. The number of amides is 2. The molecule has 0 aliphatic carbocycles. The van der Waals surface area contributed by atoms with Crippen molar-refractivity contribution in [2.24, 2.45) is 5.92 Å². The predicted molar refractivity (Wildman–Crippen MR) is 83.1 cm³/mol. The minimum absolute atomic E-state index is 0.0444. The number of aryl methyl sites for hydroxylation is 1. The molecule has 2 rings (SSSR count). The second-order valence-corrected chi connectivity index (χ2v) is 6.09. The number of likely N-dealkylation sites (tertiary alicyclic amines) is 1. The van der Waals surface area contributed by atoms with Crippen molar-refractivity contribution in [1.82, 2.24) is 10.2 Å². The Kier molecular flexibility index (Phi) is 4.99. The highest BCUT2D eigenvalue weighted by Crippen LogP contribution is 2.14. The summed E-state index contributed by atoms with van der Waals surface area (Å²) < 4.78 is 0. The number of nitrogens with zero attached hydrogens (tertiary/aromatic N) is 1. The van der Waals surface area contributed by atoms with Gasteiger partial charge in [-0.1, -0.05) is 31.5 Å². The zero-order valence-corrected chi connectivity index (χ0v) is 13.1. The fraction of sp³-hybridized carbons (Fsp3) is 0.529. The van der Waals surface area contributed by atoms with E-state index in [1.807, 2.05) is 37.8 Å². The number of nitrogens with one attached hydrogen (secondary N) is 1. The Balaban J connectivity index is 2.06. The minimum atomic E-state index is -0.447. The van der Waals surface area contributed by atoms with Crippen LogP contribution in [0, 0.1) is 12.8 Å². The van der Waals surface area contributed by atoms with E-state index in [2.05, 4.69) is 5.32 Å². The molecule has 21 heavy (non-hydrogen) atoms. The van der Waals surface area contributed by atoms with Crippen molar-refractivity contribution in [3.8, 4) is 0 Å². The van der Waals surface area contributed by atoms with Crippen molar-refractivity contribution >= 4 is 11.8 Å². The first-order valence-corrected chi connectivity index (χ1v) is 7.65. The van der Waals surface area contributed by atoms with Crippen molar-refractivity contribution in [1.29, 1.82) is 0 Å². The van der Waals surface area contributed by atoms with Gasteiger partial charge in [0.1, 0.15) is 6.04 Å². The molecule has 0 bridgehead atoms. The van der Waals surface area contributed by atoms with Gasteiger partial charge in [-0.05, 0) is 37.8 Å². The Bertz CT molecular complexity index is 502. The summed E-state index contributed by atoms with van der Waals surface area (Å²) in [5, 5.41) is 2.90. The van der Waals surface area contributed by atoms with Crippen LogP contribution in [0.1, 0.15) is 42.6 Å². The highest BCUT2D eigenvalue weighted by atomic mass is 16.2. The van der Waals surface area contributed by atoms with Gasteiger partial charge in [-0.2, -0.15) is 0 Å². The van der Waals surface area contributed by atoms with E-state index < -0.39 is 6.04 Å². The number of hydrogen-bond acceptors (Lipinski definition) is 2. The van der Waals surface area contributed by atoms with Crippen LogP contribution in [0.3, 0.4) is 0 Å². The van der Waals surface area contributed by atoms with E-state index in [1.54, 1.807) is 12.1 Å². The second-order valence-electron chi connectivity index (χ2n) is 6.09. The lowest BCUT2D eigenvalue weighted by molar-refractivity contribution is -0.133. The molecule has 1 atom stereocenters. The first kappa shape index (κ1) is 15.5. The Morgan fingerprint density at radius 3 is 2.19 bits per heavy atom. The van der Waals surface area contributed by atoms with E-state index in [0.29, 0.717) is 5.56 Å². The van der Waals surface area contributed by atoms with Crippen molar-refractivity contribution in [2.75, 3.05) is 13.1 Å². The summed E-state index contributed by atoms with van der Waals surface area (Å²) in [5.41, 5.74) is 1.71. The number of rotatable bonds is 4. The molecule has 4 nitrogen and oxygen atoms in total. The summed E-state index contributed by atoms with van der Waals surface area (Å²) in [5.74, 6) is -0.0586. The van der Waals surface area contributed by atoms with Gasteiger partial charge in [-0.3, -0.25) is 9.59 Å². The number of hydrogen-bond donors (Lipinski definition) is 1. The van der Waals surface area contributed by atoms with Crippen LogP contribution < -0.4 is 5.32 Å². The first-order chi connectivity index (χ1) is 9.99. The largest absolute Gasteiger partial charge is 0.341 e. The van der Waals surface area contributed by atoms with Crippen molar-refractivity contribution in [3.05, 3.63) is 35.4 Å². The summed E-state index contributed by atoms with van der Waals surface area (Å²) in [6, 6.07) is 6.95. The maximum absolute atomic E-state index is 12.5. The lowest BCUT2D eigenvalue weighted by atomic mass is 10.0. The lowest BCUT2D eigenvalue weighted by Crippen LogP contribution is -2.50. The smallest absolute Gasteiger partial charge is 0.251 e. The number of benzene rings is 1. The number of carbonyl (C=O) groups excluding carboxylic acids is 2. The standard InChI is InChI=1S/C17H24N2O2/c1-12(2)15(17(21)19-10-4-5-11-19)18-16(20)14-8-6-13(3)7-9-14/h6-9,12,15H,4-5,10-11H2,1-3H3,(H,18,20)/t15-/m0/s1. The molecule has 4 heteroatoms. The molecule has 2 amide bonds. The van der Waals surface area contributed by atoms with Crippen LogP contribution in [0.5, 0.6) is 0 Å². The van der Waals surface area contributed by atoms with Crippen LogP contribution in [-0.4, -0.2) is 35.8 Å². The summed E-state index contributed by atoms with van der Waals surface area (Å²) in [7, 11) is 0. The van der Waals surface area contributed by atoms with Gasteiger partial charge in [0, 0.05) is 18.7 Å². The molecule has 1 heterocycles. The van der Waals surface area contributed by atoms with Gasteiger partial charge in [0.25, 0.3) is 5.91 Å². The molecule has 0 unspecified atom stereocenters. The number of carbonyl (C=O) groups is 2. The topological polar surface area (TPSA) is 49.4 Å². The molecule has 0 saturated carbocycles. The predicted octanol–water partition coefficient (Wildman–Crippen LogP) is 2.37. The molecule has 114 valence electrons. The van der Waals surface area contributed by atoms with Crippen molar-refractivity contribution < 1.29 is 9.59 Å². The summed E-state index contributed by atoms with van der Waals surface area (Å²) >= 11 is 0. The van der Waals surface area contributed by atoms with E-state index in [0.717, 1.165) is 31.5 Å². The second kappa shape index (κ2) is 6.74. The third kappa shape index (κ3) is 3.84. The monoisotopic (exact) mass is 288 g/mol. The van der Waals surface area contributed by atoms with Gasteiger partial charge in [-0.15, -0.1) is 0 Å².